The minimum atomic E-state index is -1.16. The zero-order valence-electron chi connectivity index (χ0n) is 19.9. The van der Waals surface area contributed by atoms with Crippen LogP contribution in [-0.2, 0) is 14.4 Å². The predicted molar refractivity (Wildman–Crippen MR) is 127 cm³/mol. The molecule has 1 aromatic carbocycles. The lowest BCUT2D eigenvalue weighted by atomic mass is 9.95. The van der Waals surface area contributed by atoms with E-state index in [1.165, 1.54) is 36.9 Å². The van der Waals surface area contributed by atoms with E-state index in [4.69, 9.17) is 9.47 Å². The van der Waals surface area contributed by atoms with Crippen molar-refractivity contribution in [2.24, 2.45) is 0 Å². The number of fused-ring (bicyclic) bond motifs is 1. The van der Waals surface area contributed by atoms with E-state index < -0.39 is 51.9 Å². The third-order valence-electron chi connectivity index (χ3n) is 5.95. The number of methoxy groups -OCH3 is 2. The molecule has 2 aliphatic rings. The molecule has 0 spiro atoms. The predicted octanol–water partition coefficient (Wildman–Crippen LogP) is 0.597. The number of aromatic nitrogens is 2. The Morgan fingerprint density at radius 2 is 1.83 bits per heavy atom. The van der Waals surface area contributed by atoms with E-state index in [2.05, 4.69) is 20.6 Å². The van der Waals surface area contributed by atoms with Crippen LogP contribution in [-0.4, -0.2) is 80.1 Å². The van der Waals surface area contributed by atoms with Crippen molar-refractivity contribution in [3.05, 3.63) is 47.7 Å². The molecule has 1 unspecified atom stereocenters. The average Bonchev–Trinajstić information content (AvgIpc) is 3.13. The Morgan fingerprint density at radius 1 is 1.14 bits per heavy atom. The van der Waals surface area contributed by atoms with E-state index in [1.54, 1.807) is 44.2 Å². The van der Waals surface area contributed by atoms with Crippen molar-refractivity contribution in [3.63, 3.8) is 0 Å². The number of rotatable bonds is 8. The Hall–Kier alpha value is -3.87. The van der Waals surface area contributed by atoms with E-state index >= 15 is 0 Å². The number of ether oxygens (including phenoxy) is 2. The van der Waals surface area contributed by atoms with E-state index in [9.17, 15) is 24.3 Å². The fourth-order valence-corrected chi connectivity index (χ4v) is 5.87. The summed E-state index contributed by atoms with van der Waals surface area (Å²) in [6, 6.07) is 6.63. The first kappa shape index (κ1) is 25.2. The summed E-state index contributed by atoms with van der Waals surface area (Å²) in [6.07, 6.45) is 0. The van der Waals surface area contributed by atoms with Gasteiger partial charge in [0.05, 0.1) is 14.2 Å². The van der Waals surface area contributed by atoms with Crippen molar-refractivity contribution in [1.82, 2.24) is 25.5 Å². The van der Waals surface area contributed by atoms with Crippen LogP contribution in [0.25, 0.3) is 0 Å². The first-order chi connectivity index (χ1) is 17.1. The SMILES string of the molecule is COc1cc(C(=O)NC(C(=O)N[C@@H]2C(=O)N3[C@@H]2SC(C)(C)[C@@H]3C(=O)O)c2ccccc2)nc(OC)n1. The Labute approximate surface area is 210 Å². The number of hydrogen-bond donors (Lipinski definition) is 3. The molecular formula is C23H25N5O7S. The summed E-state index contributed by atoms with van der Waals surface area (Å²) in [6.45, 7) is 3.50. The van der Waals surface area contributed by atoms with Crippen LogP contribution in [0.2, 0.25) is 0 Å². The first-order valence-electron chi connectivity index (χ1n) is 10.9. The Morgan fingerprint density at radius 3 is 2.44 bits per heavy atom. The van der Waals surface area contributed by atoms with E-state index in [0.29, 0.717) is 5.56 Å². The lowest BCUT2D eigenvalue weighted by Gasteiger charge is -2.44. The zero-order valence-corrected chi connectivity index (χ0v) is 20.7. The fourth-order valence-electron chi connectivity index (χ4n) is 4.25. The summed E-state index contributed by atoms with van der Waals surface area (Å²) < 4.78 is 9.35. The van der Waals surface area contributed by atoms with Crippen molar-refractivity contribution < 1.29 is 33.8 Å². The molecule has 1 aromatic heterocycles. The monoisotopic (exact) mass is 515 g/mol. The number of nitrogens with zero attached hydrogens (tertiary/aromatic N) is 3. The van der Waals surface area contributed by atoms with Gasteiger partial charge in [0, 0.05) is 10.8 Å². The van der Waals surface area contributed by atoms with E-state index in [0.717, 1.165) is 0 Å². The van der Waals surface area contributed by atoms with Gasteiger partial charge in [-0.05, 0) is 19.4 Å². The molecule has 2 fully saturated rings. The van der Waals surface area contributed by atoms with Crippen LogP contribution in [0.4, 0.5) is 0 Å². The standard InChI is InChI=1S/C23H25N5O7S/c1-23(2)16(21(32)33)28-19(31)15(20(28)36-23)27-18(30)14(11-8-6-5-7-9-11)26-17(29)12-10-13(34-3)25-22(24-12)35-4/h5-10,14-16,20H,1-4H3,(H,26,29)(H,27,30)(H,32,33)/t14?,15-,16+,20-/m1/s1. The van der Waals surface area contributed by atoms with Crippen LogP contribution in [0, 0.1) is 0 Å². The minimum absolute atomic E-state index is 0.0873. The third-order valence-corrected chi connectivity index (χ3v) is 7.52. The molecule has 3 amide bonds. The van der Waals surface area contributed by atoms with Crippen molar-refractivity contribution in [3.8, 4) is 11.9 Å². The molecule has 2 saturated heterocycles. The van der Waals surface area contributed by atoms with Gasteiger partial charge in [0.1, 0.15) is 29.2 Å². The number of carboxylic acids is 1. The highest BCUT2D eigenvalue weighted by atomic mass is 32.2. The van der Waals surface area contributed by atoms with Gasteiger partial charge in [-0.2, -0.15) is 9.97 Å². The topological polar surface area (TPSA) is 160 Å². The van der Waals surface area contributed by atoms with Gasteiger partial charge in [0.2, 0.25) is 17.7 Å². The Bertz CT molecular complexity index is 1190. The molecule has 4 rings (SSSR count). The normalized spacial score (nSPS) is 22.6. The highest BCUT2D eigenvalue weighted by Gasteiger charge is 2.64. The van der Waals surface area contributed by atoms with Gasteiger partial charge in [0.15, 0.2) is 0 Å². The number of carboxylic acid groups (broad SMARTS) is 1. The highest BCUT2D eigenvalue weighted by molar-refractivity contribution is 8.01. The van der Waals surface area contributed by atoms with Gasteiger partial charge in [-0.25, -0.2) is 4.79 Å². The number of thioether (sulfide) groups is 1. The first-order valence-corrected chi connectivity index (χ1v) is 11.8. The van der Waals surface area contributed by atoms with Gasteiger partial charge in [0.25, 0.3) is 5.91 Å². The van der Waals surface area contributed by atoms with Gasteiger partial charge < -0.3 is 30.1 Å². The molecule has 0 saturated carbocycles. The van der Waals surface area contributed by atoms with Crippen LogP contribution in [0.15, 0.2) is 36.4 Å². The zero-order chi connectivity index (χ0) is 26.2. The number of hydrogen-bond acceptors (Lipinski definition) is 9. The minimum Gasteiger partial charge on any atom is -0.481 e. The van der Waals surface area contributed by atoms with Crippen molar-refractivity contribution in [1.29, 1.82) is 0 Å². The van der Waals surface area contributed by atoms with E-state index in [1.807, 2.05) is 0 Å². The summed E-state index contributed by atoms with van der Waals surface area (Å²) in [5.74, 6) is -2.80. The average molecular weight is 516 g/mol. The quantitative estimate of drug-likeness (QED) is 0.425. The van der Waals surface area contributed by atoms with Crippen molar-refractivity contribution in [2.75, 3.05) is 14.2 Å². The number of aliphatic carboxylic acids is 1. The molecular weight excluding hydrogens is 490 g/mol. The second-order valence-corrected chi connectivity index (χ2v) is 10.5. The van der Waals surface area contributed by atoms with Crippen molar-refractivity contribution >= 4 is 35.5 Å². The molecule has 4 atom stereocenters. The fraction of sp³-hybridized carbons (Fsp3) is 0.391. The second-order valence-electron chi connectivity index (χ2n) is 8.68. The maximum atomic E-state index is 13.4. The van der Waals surface area contributed by atoms with Crippen molar-refractivity contribution in [2.45, 2.75) is 42.1 Å². The van der Waals surface area contributed by atoms with Gasteiger partial charge in [-0.3, -0.25) is 14.4 Å². The summed E-state index contributed by atoms with van der Waals surface area (Å²) in [4.78, 5) is 60.2. The van der Waals surface area contributed by atoms with Gasteiger partial charge in [-0.1, -0.05) is 30.3 Å². The molecule has 3 N–H and O–H groups in total. The summed E-state index contributed by atoms with van der Waals surface area (Å²) in [5, 5.41) is 14.4. The molecule has 0 radical (unpaired) electrons. The third kappa shape index (κ3) is 4.53. The number of benzene rings is 1. The lowest BCUT2D eigenvalue weighted by molar-refractivity contribution is -0.161. The second kappa shape index (κ2) is 9.64. The number of nitrogens with one attached hydrogen (secondary N) is 2. The summed E-state index contributed by atoms with van der Waals surface area (Å²) >= 11 is 1.31. The lowest BCUT2D eigenvalue weighted by Crippen LogP contribution is -2.71. The summed E-state index contributed by atoms with van der Waals surface area (Å²) in [7, 11) is 2.71. The molecule has 12 nitrogen and oxygen atoms in total. The molecule has 190 valence electrons. The number of carbonyl (C=O) groups excluding carboxylic acids is 3. The largest absolute Gasteiger partial charge is 0.481 e. The summed E-state index contributed by atoms with van der Waals surface area (Å²) in [5.41, 5.74) is 0.388. The molecule has 2 aliphatic heterocycles. The molecule has 2 aromatic rings. The van der Waals surface area contributed by atoms with Crippen LogP contribution in [0.5, 0.6) is 11.9 Å². The van der Waals surface area contributed by atoms with Crippen LogP contribution >= 0.6 is 11.8 Å². The number of carbonyl (C=O) groups is 4. The maximum Gasteiger partial charge on any atom is 0.327 e. The maximum absolute atomic E-state index is 13.4. The number of β-lactam (4-membered cyclic amide) rings is 1. The number of amides is 3. The van der Waals surface area contributed by atoms with Gasteiger partial charge in [-0.15, -0.1) is 11.8 Å². The highest BCUT2D eigenvalue weighted by Crippen LogP contribution is 2.50. The molecule has 36 heavy (non-hydrogen) atoms. The molecule has 0 aliphatic carbocycles. The molecule has 0 bridgehead atoms. The van der Waals surface area contributed by atoms with Crippen LogP contribution in [0.3, 0.4) is 0 Å². The van der Waals surface area contributed by atoms with Crippen LogP contribution < -0.4 is 20.1 Å². The Kier molecular flexibility index (Phi) is 6.76. The molecule has 3 heterocycles. The van der Waals surface area contributed by atoms with E-state index in [-0.39, 0.29) is 17.6 Å². The van der Waals surface area contributed by atoms with Gasteiger partial charge >= 0.3 is 12.0 Å². The Balaban J connectivity index is 1.56. The smallest absolute Gasteiger partial charge is 0.327 e. The van der Waals surface area contributed by atoms with Crippen LogP contribution in [0.1, 0.15) is 35.9 Å². The molecule has 13 heteroatoms.